The van der Waals surface area contributed by atoms with Gasteiger partial charge in [-0.25, -0.2) is 0 Å². The van der Waals surface area contributed by atoms with Gasteiger partial charge in [-0.3, -0.25) is 4.79 Å². The molecule has 0 aliphatic heterocycles. The fourth-order valence-corrected chi connectivity index (χ4v) is 2.85. The predicted octanol–water partition coefficient (Wildman–Crippen LogP) is 3.37. The van der Waals surface area contributed by atoms with E-state index in [0.29, 0.717) is 6.54 Å². The lowest BCUT2D eigenvalue weighted by atomic mass is 9.92. The summed E-state index contributed by atoms with van der Waals surface area (Å²) in [5.41, 5.74) is 5.96. The molecular weight excluding hydrogens is 360 g/mol. The Kier molecular flexibility index (Phi) is 5.37. The van der Waals surface area contributed by atoms with Crippen molar-refractivity contribution in [1.82, 2.24) is 5.32 Å². The molecule has 3 N–H and O–H groups in total. The first-order valence-corrected chi connectivity index (χ1v) is 7.31. The van der Waals surface area contributed by atoms with Crippen LogP contribution in [0, 0.1) is 5.41 Å². The van der Waals surface area contributed by atoms with Crippen molar-refractivity contribution < 1.29 is 4.79 Å². The first kappa shape index (κ1) is 15.7. The first-order chi connectivity index (χ1) is 8.24. The fourth-order valence-electron chi connectivity index (χ4n) is 1.46. The number of rotatable bonds is 5. The number of amides is 1. The van der Waals surface area contributed by atoms with Crippen LogP contribution in [0.5, 0.6) is 0 Å². The van der Waals surface area contributed by atoms with Crippen LogP contribution >= 0.6 is 31.9 Å². The van der Waals surface area contributed by atoms with Gasteiger partial charge in [-0.2, -0.15) is 0 Å². The molecule has 1 rings (SSSR count). The molecule has 1 atom stereocenters. The molecule has 0 spiro atoms. The molecule has 0 aliphatic carbocycles. The summed E-state index contributed by atoms with van der Waals surface area (Å²) < 4.78 is 2.07. The van der Waals surface area contributed by atoms with E-state index in [1.165, 1.54) is 0 Å². The second-order valence-corrected chi connectivity index (χ2v) is 6.79. The summed E-state index contributed by atoms with van der Waals surface area (Å²) in [4.78, 5) is 11.2. The molecule has 0 bridgehead atoms. The lowest BCUT2D eigenvalue weighted by molar-refractivity contribution is -0.125. The van der Waals surface area contributed by atoms with Gasteiger partial charge in [-0.1, -0.05) is 37.9 Å². The van der Waals surface area contributed by atoms with Crippen molar-refractivity contribution in [3.8, 4) is 0 Å². The largest absolute Gasteiger partial charge is 0.369 e. The van der Waals surface area contributed by atoms with E-state index >= 15 is 0 Å². The Morgan fingerprint density at radius 1 is 1.44 bits per heavy atom. The second kappa shape index (κ2) is 6.17. The summed E-state index contributed by atoms with van der Waals surface area (Å²) in [5.74, 6) is -0.294. The maximum Gasteiger partial charge on any atom is 0.224 e. The van der Waals surface area contributed by atoms with Gasteiger partial charge in [-0.15, -0.1) is 0 Å². The second-order valence-electron chi connectivity index (χ2n) is 5.02. The summed E-state index contributed by atoms with van der Waals surface area (Å²) in [6, 6.07) is 6.19. The van der Waals surface area contributed by atoms with E-state index in [2.05, 4.69) is 44.1 Å². The number of halogens is 2. The normalized spacial score (nSPS) is 13.4. The Morgan fingerprint density at radius 2 is 2.06 bits per heavy atom. The van der Waals surface area contributed by atoms with E-state index in [1.54, 1.807) is 0 Å². The molecule has 0 radical (unpaired) electrons. The molecule has 0 heterocycles. The third kappa shape index (κ3) is 4.07. The summed E-state index contributed by atoms with van der Waals surface area (Å²) in [6.07, 6.45) is 0. The number of primary amides is 1. The molecule has 1 aromatic rings. The number of hydrogen-bond acceptors (Lipinski definition) is 2. The zero-order chi connectivity index (χ0) is 13.9. The topological polar surface area (TPSA) is 55.1 Å². The van der Waals surface area contributed by atoms with Gasteiger partial charge in [0.1, 0.15) is 0 Å². The predicted molar refractivity (Wildman–Crippen MR) is 81.2 cm³/mol. The highest BCUT2D eigenvalue weighted by Gasteiger charge is 2.25. The molecule has 0 aromatic heterocycles. The Bertz CT molecular complexity index is 447. The molecule has 5 heteroatoms. The molecule has 1 amide bonds. The number of carbonyl (C=O) groups excluding carboxylic acids is 1. The molecule has 1 unspecified atom stereocenters. The molecule has 1 aromatic carbocycles. The number of nitrogens with one attached hydrogen (secondary N) is 1. The summed E-state index contributed by atoms with van der Waals surface area (Å²) in [7, 11) is 0. The minimum Gasteiger partial charge on any atom is -0.369 e. The van der Waals surface area contributed by atoms with Crippen molar-refractivity contribution in [1.29, 1.82) is 0 Å². The van der Waals surface area contributed by atoms with Crippen LogP contribution in [0.25, 0.3) is 0 Å². The van der Waals surface area contributed by atoms with Gasteiger partial charge in [0, 0.05) is 21.5 Å². The van der Waals surface area contributed by atoms with E-state index in [0.717, 1.165) is 14.5 Å². The average molecular weight is 378 g/mol. The Balaban J connectivity index is 2.71. The SMILES string of the molecule is CC(NCC(C)(C)C(N)=O)c1ccc(Br)cc1Br. The van der Waals surface area contributed by atoms with E-state index in [4.69, 9.17) is 5.73 Å². The maximum absolute atomic E-state index is 11.2. The summed E-state index contributed by atoms with van der Waals surface area (Å²) >= 11 is 6.96. The van der Waals surface area contributed by atoms with Crippen molar-refractivity contribution in [2.75, 3.05) is 6.54 Å². The molecule has 3 nitrogen and oxygen atoms in total. The first-order valence-electron chi connectivity index (χ1n) is 5.72. The molecule has 100 valence electrons. The van der Waals surface area contributed by atoms with Gasteiger partial charge in [0.2, 0.25) is 5.91 Å². The molecule has 0 aliphatic rings. The van der Waals surface area contributed by atoms with Crippen LogP contribution in [-0.4, -0.2) is 12.5 Å². The van der Waals surface area contributed by atoms with Crippen LogP contribution < -0.4 is 11.1 Å². The van der Waals surface area contributed by atoms with Crippen LogP contribution in [0.2, 0.25) is 0 Å². The van der Waals surface area contributed by atoms with Crippen molar-refractivity contribution in [2.45, 2.75) is 26.8 Å². The Morgan fingerprint density at radius 3 is 2.56 bits per heavy atom. The zero-order valence-corrected chi connectivity index (χ0v) is 13.9. The smallest absolute Gasteiger partial charge is 0.224 e. The van der Waals surface area contributed by atoms with Gasteiger partial charge < -0.3 is 11.1 Å². The number of nitrogens with two attached hydrogens (primary N) is 1. The minimum absolute atomic E-state index is 0.145. The van der Waals surface area contributed by atoms with Crippen LogP contribution in [0.1, 0.15) is 32.4 Å². The zero-order valence-electron chi connectivity index (χ0n) is 10.8. The number of carbonyl (C=O) groups is 1. The maximum atomic E-state index is 11.2. The highest BCUT2D eigenvalue weighted by Crippen LogP contribution is 2.27. The highest BCUT2D eigenvalue weighted by molar-refractivity contribution is 9.11. The Labute approximate surface area is 125 Å². The van der Waals surface area contributed by atoms with Gasteiger partial charge in [0.25, 0.3) is 0 Å². The molecule has 0 saturated heterocycles. The fraction of sp³-hybridized carbons (Fsp3) is 0.462. The van der Waals surface area contributed by atoms with Gasteiger partial charge in [-0.05, 0) is 38.5 Å². The lowest BCUT2D eigenvalue weighted by Crippen LogP contribution is -2.41. The van der Waals surface area contributed by atoms with Crippen LogP contribution in [0.3, 0.4) is 0 Å². The third-order valence-corrected chi connectivity index (χ3v) is 4.13. The molecule has 0 saturated carbocycles. The van der Waals surface area contributed by atoms with E-state index in [9.17, 15) is 4.79 Å². The minimum atomic E-state index is -0.546. The van der Waals surface area contributed by atoms with Crippen LogP contribution in [-0.2, 0) is 4.79 Å². The third-order valence-electron chi connectivity index (χ3n) is 2.95. The van der Waals surface area contributed by atoms with Gasteiger partial charge in [0.15, 0.2) is 0 Å². The molecule has 18 heavy (non-hydrogen) atoms. The average Bonchev–Trinajstić information content (AvgIpc) is 2.25. The Hall–Kier alpha value is -0.390. The quantitative estimate of drug-likeness (QED) is 0.826. The van der Waals surface area contributed by atoms with Crippen molar-refractivity contribution >= 4 is 37.8 Å². The molecule has 0 fully saturated rings. The van der Waals surface area contributed by atoms with E-state index in [1.807, 2.05) is 32.0 Å². The van der Waals surface area contributed by atoms with Crippen molar-refractivity contribution in [3.05, 3.63) is 32.7 Å². The molecular formula is C13H18Br2N2O. The highest BCUT2D eigenvalue weighted by atomic mass is 79.9. The monoisotopic (exact) mass is 376 g/mol. The van der Waals surface area contributed by atoms with Gasteiger partial charge >= 0.3 is 0 Å². The standard InChI is InChI=1S/C13H18Br2N2O/c1-8(17-7-13(2,3)12(16)18)10-5-4-9(14)6-11(10)15/h4-6,8,17H,7H2,1-3H3,(H2,16,18). The van der Waals surface area contributed by atoms with Crippen LogP contribution in [0.15, 0.2) is 27.1 Å². The summed E-state index contributed by atoms with van der Waals surface area (Å²) in [6.45, 7) is 6.29. The lowest BCUT2D eigenvalue weighted by Gasteiger charge is -2.24. The van der Waals surface area contributed by atoms with Crippen molar-refractivity contribution in [3.63, 3.8) is 0 Å². The van der Waals surface area contributed by atoms with Crippen LogP contribution in [0.4, 0.5) is 0 Å². The summed E-state index contributed by atoms with van der Waals surface area (Å²) in [5, 5.41) is 3.33. The van der Waals surface area contributed by atoms with E-state index < -0.39 is 5.41 Å². The van der Waals surface area contributed by atoms with E-state index in [-0.39, 0.29) is 11.9 Å². The number of hydrogen-bond donors (Lipinski definition) is 2. The van der Waals surface area contributed by atoms with Gasteiger partial charge in [0.05, 0.1) is 5.41 Å². The number of benzene rings is 1. The van der Waals surface area contributed by atoms with Crippen molar-refractivity contribution in [2.24, 2.45) is 11.1 Å².